The number of carbonyl (C=O) groups is 2. The largest absolute Gasteiger partial charge is 0.493 e. The fourth-order valence-electron chi connectivity index (χ4n) is 3.65. The van der Waals surface area contributed by atoms with E-state index in [1.54, 1.807) is 30.3 Å². The molecule has 0 heterocycles. The maximum Gasteiger partial charge on any atom is 0.340 e. The molecule has 3 aromatic carbocycles. The second-order valence-corrected chi connectivity index (χ2v) is 9.46. The average molecular weight is 513 g/mol. The van der Waals surface area contributed by atoms with Gasteiger partial charge in [0.1, 0.15) is 6.54 Å². The van der Waals surface area contributed by atoms with Gasteiger partial charge in [0.25, 0.3) is 10.0 Å². The van der Waals surface area contributed by atoms with E-state index >= 15 is 0 Å². The van der Waals surface area contributed by atoms with Gasteiger partial charge in [-0.3, -0.25) is 9.10 Å². The van der Waals surface area contributed by atoms with Gasteiger partial charge in [-0.25, -0.2) is 13.2 Å². The molecule has 0 unspecified atom stereocenters. The molecule has 0 aliphatic heterocycles. The first-order valence-corrected chi connectivity index (χ1v) is 12.5. The van der Waals surface area contributed by atoms with Crippen molar-refractivity contribution in [3.8, 4) is 11.5 Å². The quantitative estimate of drug-likeness (QED) is 0.410. The number of para-hydroxylation sites is 1. The van der Waals surface area contributed by atoms with Gasteiger partial charge in [-0.05, 0) is 30.2 Å². The summed E-state index contributed by atoms with van der Waals surface area (Å²) in [6, 6.07) is 17.7. The zero-order valence-corrected chi connectivity index (χ0v) is 21.3. The van der Waals surface area contributed by atoms with Gasteiger partial charge in [0, 0.05) is 12.1 Å². The van der Waals surface area contributed by atoms with E-state index in [9.17, 15) is 18.0 Å². The van der Waals surface area contributed by atoms with Gasteiger partial charge < -0.3 is 19.5 Å². The molecule has 0 atom stereocenters. The number of ether oxygens (including phenoxy) is 3. The minimum absolute atomic E-state index is 0.0231. The minimum atomic E-state index is -4.09. The smallest absolute Gasteiger partial charge is 0.340 e. The van der Waals surface area contributed by atoms with Crippen LogP contribution in [0, 0.1) is 0 Å². The monoisotopic (exact) mass is 512 g/mol. The molecule has 3 aromatic rings. The number of benzene rings is 3. The molecule has 1 amide bonds. The van der Waals surface area contributed by atoms with Gasteiger partial charge in [-0.15, -0.1) is 0 Å². The van der Waals surface area contributed by atoms with Crippen LogP contribution in [0.4, 0.5) is 11.4 Å². The van der Waals surface area contributed by atoms with E-state index in [0.717, 1.165) is 9.87 Å². The van der Waals surface area contributed by atoms with E-state index in [1.165, 1.54) is 45.6 Å². The Kier molecular flexibility index (Phi) is 8.55. The zero-order chi connectivity index (χ0) is 26.3. The number of hydrogen-bond acceptors (Lipinski definition) is 7. The predicted molar refractivity (Wildman–Crippen MR) is 136 cm³/mol. The van der Waals surface area contributed by atoms with Gasteiger partial charge >= 0.3 is 5.97 Å². The van der Waals surface area contributed by atoms with Gasteiger partial charge in [0.15, 0.2) is 11.5 Å². The normalized spacial score (nSPS) is 10.9. The van der Waals surface area contributed by atoms with E-state index in [-0.39, 0.29) is 27.6 Å². The number of methoxy groups -OCH3 is 3. The Hall–Kier alpha value is -4.05. The first-order valence-electron chi connectivity index (χ1n) is 11.1. The molecule has 1 N–H and O–H groups in total. The van der Waals surface area contributed by atoms with Crippen LogP contribution < -0.4 is 19.1 Å². The lowest BCUT2D eigenvalue weighted by Gasteiger charge is -2.26. The summed E-state index contributed by atoms with van der Waals surface area (Å²) < 4.78 is 43.7. The van der Waals surface area contributed by atoms with E-state index in [1.807, 2.05) is 19.1 Å². The van der Waals surface area contributed by atoms with Crippen molar-refractivity contribution in [1.82, 2.24) is 0 Å². The van der Waals surface area contributed by atoms with Gasteiger partial charge in [-0.1, -0.05) is 43.3 Å². The number of carbonyl (C=O) groups excluding carboxylic acids is 2. The fraction of sp³-hybridized carbons (Fsp3) is 0.231. The molecule has 0 aromatic heterocycles. The molecule has 9 nitrogen and oxygen atoms in total. The van der Waals surface area contributed by atoms with Crippen LogP contribution in [0.3, 0.4) is 0 Å². The first-order chi connectivity index (χ1) is 17.3. The topological polar surface area (TPSA) is 111 Å². The number of aryl methyl sites for hydroxylation is 1. The second kappa shape index (κ2) is 11.6. The van der Waals surface area contributed by atoms with Gasteiger partial charge in [0.2, 0.25) is 5.91 Å². The van der Waals surface area contributed by atoms with Crippen molar-refractivity contribution in [2.45, 2.75) is 18.2 Å². The Morgan fingerprint density at radius 1 is 0.889 bits per heavy atom. The Morgan fingerprint density at radius 2 is 1.50 bits per heavy atom. The average Bonchev–Trinajstić information content (AvgIpc) is 2.91. The third kappa shape index (κ3) is 5.60. The Balaban J connectivity index is 2.04. The molecule has 0 fully saturated rings. The summed E-state index contributed by atoms with van der Waals surface area (Å²) in [4.78, 5) is 25.7. The van der Waals surface area contributed by atoms with Crippen LogP contribution in [0.2, 0.25) is 0 Å². The lowest BCUT2D eigenvalue weighted by Crippen LogP contribution is -2.38. The molecule has 0 radical (unpaired) electrons. The number of esters is 1. The van der Waals surface area contributed by atoms with Crippen LogP contribution in [0.25, 0.3) is 0 Å². The molecule has 0 bridgehead atoms. The molecule has 0 saturated carbocycles. The highest BCUT2D eigenvalue weighted by Crippen LogP contribution is 2.34. The summed E-state index contributed by atoms with van der Waals surface area (Å²) in [5.41, 5.74) is 1.26. The van der Waals surface area contributed by atoms with Crippen LogP contribution in [-0.2, 0) is 26.0 Å². The van der Waals surface area contributed by atoms with Crippen molar-refractivity contribution in [2.24, 2.45) is 0 Å². The van der Waals surface area contributed by atoms with Crippen molar-refractivity contribution < 1.29 is 32.2 Å². The molecule has 3 rings (SSSR count). The van der Waals surface area contributed by atoms with Crippen molar-refractivity contribution in [3.05, 3.63) is 77.9 Å². The van der Waals surface area contributed by atoms with Crippen LogP contribution in [0.15, 0.2) is 71.6 Å². The molecule has 190 valence electrons. The molecule has 0 spiro atoms. The Morgan fingerprint density at radius 3 is 2.11 bits per heavy atom. The molecule has 0 aliphatic rings. The number of nitrogens with zero attached hydrogens (tertiary/aromatic N) is 1. The van der Waals surface area contributed by atoms with Gasteiger partial charge in [0.05, 0.1) is 43.2 Å². The molecule has 10 heteroatoms. The lowest BCUT2D eigenvalue weighted by molar-refractivity contribution is -0.114. The third-order valence-corrected chi connectivity index (χ3v) is 7.24. The highest BCUT2D eigenvalue weighted by molar-refractivity contribution is 7.92. The van der Waals surface area contributed by atoms with E-state index in [2.05, 4.69) is 5.32 Å². The third-order valence-electron chi connectivity index (χ3n) is 5.46. The van der Waals surface area contributed by atoms with Crippen molar-refractivity contribution in [2.75, 3.05) is 37.5 Å². The number of hydrogen-bond donors (Lipinski definition) is 1. The molecular weight excluding hydrogens is 484 g/mol. The maximum atomic E-state index is 13.6. The van der Waals surface area contributed by atoms with Crippen LogP contribution in [-0.4, -0.2) is 48.2 Å². The number of anilines is 2. The summed E-state index contributed by atoms with van der Waals surface area (Å²) in [5, 5.41) is 2.63. The Labute approximate surface area is 210 Å². The lowest BCUT2D eigenvalue weighted by atomic mass is 10.1. The summed E-state index contributed by atoms with van der Waals surface area (Å²) in [6.07, 6.45) is 0.556. The molecular formula is C26H28N2O7S. The molecule has 0 saturated heterocycles. The SMILES string of the molecule is CCc1ccccc1N(CC(=O)Nc1cc(OC)c(OC)cc1C(=O)OC)S(=O)(=O)c1ccccc1. The van der Waals surface area contributed by atoms with E-state index in [0.29, 0.717) is 12.1 Å². The highest BCUT2D eigenvalue weighted by atomic mass is 32.2. The second-order valence-electron chi connectivity index (χ2n) is 7.60. The molecule has 0 aliphatic carbocycles. The highest BCUT2D eigenvalue weighted by Gasteiger charge is 2.29. The number of amides is 1. The first kappa shape index (κ1) is 26.6. The minimum Gasteiger partial charge on any atom is -0.493 e. The van der Waals surface area contributed by atoms with E-state index in [4.69, 9.17) is 14.2 Å². The summed E-state index contributed by atoms with van der Waals surface area (Å²) in [5.74, 6) is -0.847. The maximum absolute atomic E-state index is 13.6. The number of rotatable bonds is 10. The van der Waals surface area contributed by atoms with Crippen LogP contribution in [0.1, 0.15) is 22.8 Å². The number of sulfonamides is 1. The number of nitrogens with one attached hydrogen (secondary N) is 1. The van der Waals surface area contributed by atoms with Crippen molar-refractivity contribution >= 4 is 33.3 Å². The van der Waals surface area contributed by atoms with Crippen molar-refractivity contribution in [3.63, 3.8) is 0 Å². The summed E-state index contributed by atoms with van der Waals surface area (Å²) in [6.45, 7) is 1.36. The van der Waals surface area contributed by atoms with Gasteiger partial charge in [-0.2, -0.15) is 0 Å². The standard InChI is InChI=1S/C26H28N2O7S/c1-5-18-11-9-10-14-22(18)28(36(31,32)19-12-7-6-8-13-19)17-25(29)27-21-16-24(34-3)23(33-2)15-20(21)26(30)35-4/h6-16H,5,17H2,1-4H3,(H,27,29). The van der Waals surface area contributed by atoms with E-state index < -0.39 is 28.4 Å². The predicted octanol–water partition coefficient (Wildman–Crippen LogP) is 3.89. The summed E-state index contributed by atoms with van der Waals surface area (Å²) >= 11 is 0. The van der Waals surface area contributed by atoms with Crippen LogP contribution in [0.5, 0.6) is 11.5 Å². The summed E-state index contributed by atoms with van der Waals surface area (Å²) in [7, 11) is -0.0585. The fourth-order valence-corrected chi connectivity index (χ4v) is 5.13. The Bertz CT molecular complexity index is 1340. The van der Waals surface area contributed by atoms with Crippen molar-refractivity contribution in [1.29, 1.82) is 0 Å². The van der Waals surface area contributed by atoms with Crippen LogP contribution >= 0.6 is 0 Å². The zero-order valence-electron chi connectivity index (χ0n) is 20.5. The molecule has 36 heavy (non-hydrogen) atoms.